The van der Waals surface area contributed by atoms with Crippen LogP contribution in [0.15, 0.2) is 24.3 Å². The normalized spacial score (nSPS) is 18.5. The Morgan fingerprint density at radius 1 is 1.53 bits per heavy atom. The molecule has 0 aromatic heterocycles. The van der Waals surface area contributed by atoms with Gasteiger partial charge in [-0.1, -0.05) is 12.1 Å². The van der Waals surface area contributed by atoms with Crippen LogP contribution in [0.1, 0.15) is 42.6 Å². The SMILES string of the molecule is CCOC(=O)c1cccc(C(C)(O)C2CC2)c1. The Kier molecular flexibility index (Phi) is 3.20. The number of aliphatic hydroxyl groups is 1. The lowest BCUT2D eigenvalue weighted by molar-refractivity contribution is 0.0328. The van der Waals surface area contributed by atoms with E-state index in [1.165, 1.54) is 0 Å². The number of rotatable bonds is 4. The number of benzene rings is 1. The maximum Gasteiger partial charge on any atom is 0.338 e. The second-order valence-corrected chi connectivity index (χ2v) is 4.72. The van der Waals surface area contributed by atoms with Gasteiger partial charge in [-0.15, -0.1) is 0 Å². The van der Waals surface area contributed by atoms with Crippen molar-refractivity contribution in [2.24, 2.45) is 5.92 Å². The topological polar surface area (TPSA) is 46.5 Å². The molecule has 0 radical (unpaired) electrons. The van der Waals surface area contributed by atoms with Gasteiger partial charge in [0.05, 0.1) is 17.8 Å². The van der Waals surface area contributed by atoms with Crippen molar-refractivity contribution in [3.63, 3.8) is 0 Å². The van der Waals surface area contributed by atoms with Crippen molar-refractivity contribution in [1.29, 1.82) is 0 Å². The van der Waals surface area contributed by atoms with E-state index >= 15 is 0 Å². The predicted octanol–water partition coefficient (Wildman–Crippen LogP) is 2.48. The Morgan fingerprint density at radius 3 is 2.82 bits per heavy atom. The van der Waals surface area contributed by atoms with Crippen molar-refractivity contribution in [3.05, 3.63) is 35.4 Å². The molecular weight excluding hydrogens is 216 g/mol. The first-order chi connectivity index (χ1) is 8.05. The molecular formula is C14H18O3. The van der Waals surface area contributed by atoms with Gasteiger partial charge >= 0.3 is 5.97 Å². The summed E-state index contributed by atoms with van der Waals surface area (Å²) in [5.41, 5.74) is 0.471. The van der Waals surface area contributed by atoms with E-state index in [0.717, 1.165) is 18.4 Å². The molecule has 1 saturated carbocycles. The Balaban J connectivity index is 2.24. The number of carbonyl (C=O) groups is 1. The molecule has 1 aliphatic carbocycles. The molecule has 0 spiro atoms. The maximum absolute atomic E-state index is 11.6. The molecule has 0 heterocycles. The fourth-order valence-electron chi connectivity index (χ4n) is 2.06. The summed E-state index contributed by atoms with van der Waals surface area (Å²) in [4.78, 5) is 11.6. The number of esters is 1. The van der Waals surface area contributed by atoms with E-state index in [1.807, 2.05) is 13.0 Å². The van der Waals surface area contributed by atoms with E-state index in [4.69, 9.17) is 4.74 Å². The number of carbonyl (C=O) groups excluding carboxylic acids is 1. The van der Waals surface area contributed by atoms with E-state index in [9.17, 15) is 9.90 Å². The number of ether oxygens (including phenoxy) is 1. The fourth-order valence-corrected chi connectivity index (χ4v) is 2.06. The first-order valence-corrected chi connectivity index (χ1v) is 6.05. The summed E-state index contributed by atoms with van der Waals surface area (Å²) in [7, 11) is 0. The summed E-state index contributed by atoms with van der Waals surface area (Å²) in [6, 6.07) is 7.10. The molecule has 1 N–H and O–H groups in total. The van der Waals surface area contributed by atoms with Gasteiger partial charge in [0.1, 0.15) is 0 Å². The van der Waals surface area contributed by atoms with Crippen LogP contribution < -0.4 is 0 Å². The van der Waals surface area contributed by atoms with E-state index < -0.39 is 5.60 Å². The molecule has 1 aromatic carbocycles. The van der Waals surface area contributed by atoms with Crippen LogP contribution in [-0.2, 0) is 10.3 Å². The minimum Gasteiger partial charge on any atom is -0.462 e. The lowest BCUT2D eigenvalue weighted by Crippen LogP contribution is -2.24. The molecule has 17 heavy (non-hydrogen) atoms. The Hall–Kier alpha value is -1.35. The van der Waals surface area contributed by atoms with Crippen molar-refractivity contribution in [3.8, 4) is 0 Å². The smallest absolute Gasteiger partial charge is 0.338 e. The largest absolute Gasteiger partial charge is 0.462 e. The minimum atomic E-state index is -0.831. The summed E-state index contributed by atoms with van der Waals surface area (Å²) >= 11 is 0. The van der Waals surface area contributed by atoms with E-state index in [-0.39, 0.29) is 5.97 Å². The zero-order chi connectivity index (χ0) is 12.5. The third-order valence-electron chi connectivity index (χ3n) is 3.33. The van der Waals surface area contributed by atoms with Crippen molar-refractivity contribution >= 4 is 5.97 Å². The molecule has 2 rings (SSSR count). The molecule has 3 nitrogen and oxygen atoms in total. The van der Waals surface area contributed by atoms with Gasteiger partial charge in [-0.2, -0.15) is 0 Å². The third kappa shape index (κ3) is 2.50. The van der Waals surface area contributed by atoms with E-state index in [0.29, 0.717) is 18.1 Å². The minimum absolute atomic E-state index is 0.319. The van der Waals surface area contributed by atoms with E-state index in [1.54, 1.807) is 25.1 Å². The predicted molar refractivity (Wildman–Crippen MR) is 64.7 cm³/mol. The van der Waals surface area contributed by atoms with Gasteiger partial charge in [-0.3, -0.25) is 0 Å². The second kappa shape index (κ2) is 4.49. The first-order valence-electron chi connectivity index (χ1n) is 6.05. The molecule has 92 valence electrons. The Labute approximate surface area is 101 Å². The van der Waals surface area contributed by atoms with Crippen molar-refractivity contribution in [2.45, 2.75) is 32.3 Å². The van der Waals surface area contributed by atoms with Crippen LogP contribution in [0, 0.1) is 5.92 Å². The highest BCUT2D eigenvalue weighted by Crippen LogP contribution is 2.45. The molecule has 1 aromatic rings. The molecule has 1 fully saturated rings. The van der Waals surface area contributed by atoms with Crippen LogP contribution in [0.2, 0.25) is 0 Å². The summed E-state index contributed by atoms with van der Waals surface area (Å²) in [5, 5.41) is 10.4. The van der Waals surface area contributed by atoms with Crippen LogP contribution in [-0.4, -0.2) is 17.7 Å². The molecule has 0 bridgehead atoms. The second-order valence-electron chi connectivity index (χ2n) is 4.72. The van der Waals surface area contributed by atoms with Crippen molar-refractivity contribution in [2.75, 3.05) is 6.61 Å². The average Bonchev–Trinajstić information content (AvgIpc) is 3.13. The highest BCUT2D eigenvalue weighted by molar-refractivity contribution is 5.89. The molecule has 1 atom stereocenters. The summed E-state index contributed by atoms with van der Waals surface area (Å²) in [5.74, 6) is -0.0131. The molecule has 3 heteroatoms. The van der Waals surface area contributed by atoms with Gasteiger partial charge in [-0.05, 0) is 50.3 Å². The molecule has 0 amide bonds. The maximum atomic E-state index is 11.6. The Bertz CT molecular complexity index is 419. The molecule has 0 saturated heterocycles. The summed E-state index contributed by atoms with van der Waals surface area (Å²) in [6.45, 7) is 3.96. The van der Waals surface area contributed by atoms with Crippen LogP contribution >= 0.6 is 0 Å². The monoisotopic (exact) mass is 234 g/mol. The highest BCUT2D eigenvalue weighted by Gasteiger charge is 2.41. The van der Waals surface area contributed by atoms with Gasteiger partial charge in [0.15, 0.2) is 0 Å². The third-order valence-corrected chi connectivity index (χ3v) is 3.33. The van der Waals surface area contributed by atoms with Crippen LogP contribution in [0.25, 0.3) is 0 Å². The molecule has 1 aliphatic rings. The molecule has 0 aliphatic heterocycles. The van der Waals surface area contributed by atoms with E-state index in [2.05, 4.69) is 0 Å². The summed E-state index contributed by atoms with van der Waals surface area (Å²) < 4.78 is 4.95. The molecule has 1 unspecified atom stereocenters. The van der Waals surface area contributed by atoms with Crippen LogP contribution in [0.5, 0.6) is 0 Å². The average molecular weight is 234 g/mol. The van der Waals surface area contributed by atoms with Gasteiger partial charge in [0.2, 0.25) is 0 Å². The summed E-state index contributed by atoms with van der Waals surface area (Å²) in [6.07, 6.45) is 2.10. The fraction of sp³-hybridized carbons (Fsp3) is 0.500. The van der Waals surface area contributed by atoms with Gasteiger partial charge in [0.25, 0.3) is 0 Å². The zero-order valence-corrected chi connectivity index (χ0v) is 10.3. The van der Waals surface area contributed by atoms with Gasteiger partial charge in [-0.25, -0.2) is 4.79 Å². The number of hydrogen-bond acceptors (Lipinski definition) is 3. The van der Waals surface area contributed by atoms with Gasteiger partial charge < -0.3 is 9.84 Å². The lowest BCUT2D eigenvalue weighted by Gasteiger charge is -2.23. The first kappa shape index (κ1) is 12.1. The number of hydrogen-bond donors (Lipinski definition) is 1. The lowest BCUT2D eigenvalue weighted by atomic mass is 9.90. The zero-order valence-electron chi connectivity index (χ0n) is 10.3. The quantitative estimate of drug-likeness (QED) is 0.814. The van der Waals surface area contributed by atoms with Crippen molar-refractivity contribution < 1.29 is 14.6 Å². The Morgan fingerprint density at radius 2 is 2.24 bits per heavy atom. The van der Waals surface area contributed by atoms with Crippen LogP contribution in [0.3, 0.4) is 0 Å². The highest BCUT2D eigenvalue weighted by atomic mass is 16.5. The van der Waals surface area contributed by atoms with Crippen LogP contribution in [0.4, 0.5) is 0 Å². The van der Waals surface area contributed by atoms with Crippen molar-refractivity contribution in [1.82, 2.24) is 0 Å². The standard InChI is InChI=1S/C14H18O3/c1-3-17-13(15)10-5-4-6-12(9-10)14(2,16)11-7-8-11/h4-6,9,11,16H,3,7-8H2,1-2H3. The van der Waals surface area contributed by atoms with Gasteiger partial charge in [0, 0.05) is 0 Å².